The molecule has 0 aliphatic heterocycles. The van der Waals surface area contributed by atoms with Gasteiger partial charge in [0, 0.05) is 9.13 Å². The molecule has 0 heterocycles. The number of hydrogen-bond donors (Lipinski definition) is 2. The second-order valence-corrected chi connectivity index (χ2v) is 5.21. The van der Waals surface area contributed by atoms with Crippen LogP contribution in [-0.2, 0) is 0 Å². The SMILES string of the molecule is O=C(Nc1ccc(I)cc1C(=O)O)c1cccc(F)c1. The third-order valence-electron chi connectivity index (χ3n) is 2.55. The molecule has 0 atom stereocenters. The molecule has 0 fully saturated rings. The minimum Gasteiger partial charge on any atom is -0.478 e. The van der Waals surface area contributed by atoms with Crippen LogP contribution in [0, 0.1) is 9.39 Å². The first-order valence-electron chi connectivity index (χ1n) is 5.57. The van der Waals surface area contributed by atoms with Gasteiger partial charge < -0.3 is 10.4 Å². The molecule has 0 aliphatic carbocycles. The van der Waals surface area contributed by atoms with Gasteiger partial charge in [0.2, 0.25) is 0 Å². The fraction of sp³-hybridized carbons (Fsp3) is 0. The average molecular weight is 385 g/mol. The zero-order chi connectivity index (χ0) is 14.7. The van der Waals surface area contributed by atoms with Gasteiger partial charge >= 0.3 is 5.97 Å². The van der Waals surface area contributed by atoms with E-state index in [1.54, 1.807) is 6.07 Å². The number of nitrogens with one attached hydrogen (secondary N) is 1. The van der Waals surface area contributed by atoms with Gasteiger partial charge in [-0.05, 0) is 59.0 Å². The number of rotatable bonds is 3. The van der Waals surface area contributed by atoms with Crippen LogP contribution in [0.4, 0.5) is 10.1 Å². The fourth-order valence-corrected chi connectivity index (χ4v) is 2.12. The number of carboxylic acid groups (broad SMARTS) is 1. The van der Waals surface area contributed by atoms with Crippen molar-refractivity contribution in [2.75, 3.05) is 5.32 Å². The van der Waals surface area contributed by atoms with Crippen molar-refractivity contribution in [3.05, 3.63) is 63.0 Å². The van der Waals surface area contributed by atoms with Crippen LogP contribution in [0.2, 0.25) is 0 Å². The Balaban J connectivity index is 2.30. The van der Waals surface area contributed by atoms with Crippen molar-refractivity contribution in [2.24, 2.45) is 0 Å². The Morgan fingerprint density at radius 1 is 1.15 bits per heavy atom. The number of carbonyl (C=O) groups is 2. The molecule has 0 spiro atoms. The Morgan fingerprint density at radius 3 is 2.55 bits per heavy atom. The number of carboxylic acids is 1. The van der Waals surface area contributed by atoms with Crippen molar-refractivity contribution in [3.63, 3.8) is 0 Å². The van der Waals surface area contributed by atoms with Crippen molar-refractivity contribution in [2.45, 2.75) is 0 Å². The predicted octanol–water partition coefficient (Wildman–Crippen LogP) is 3.38. The number of carbonyl (C=O) groups excluding carboxylic acids is 1. The van der Waals surface area contributed by atoms with Crippen LogP contribution in [-0.4, -0.2) is 17.0 Å². The van der Waals surface area contributed by atoms with Crippen molar-refractivity contribution in [1.82, 2.24) is 0 Å². The zero-order valence-electron chi connectivity index (χ0n) is 10.1. The van der Waals surface area contributed by atoms with E-state index in [1.807, 2.05) is 22.6 Å². The first-order chi connectivity index (χ1) is 9.47. The molecule has 2 aromatic rings. The molecule has 0 saturated heterocycles. The number of benzene rings is 2. The number of aromatic carboxylic acids is 1. The third kappa shape index (κ3) is 3.32. The summed E-state index contributed by atoms with van der Waals surface area (Å²) in [5.74, 6) is -2.23. The van der Waals surface area contributed by atoms with Gasteiger partial charge in [-0.3, -0.25) is 4.79 Å². The highest BCUT2D eigenvalue weighted by molar-refractivity contribution is 14.1. The van der Waals surface area contributed by atoms with Gasteiger partial charge in [0.05, 0.1) is 11.3 Å². The highest BCUT2D eigenvalue weighted by Crippen LogP contribution is 2.20. The second-order valence-electron chi connectivity index (χ2n) is 3.96. The maximum atomic E-state index is 13.1. The summed E-state index contributed by atoms with van der Waals surface area (Å²) in [5, 5.41) is 11.6. The smallest absolute Gasteiger partial charge is 0.337 e. The van der Waals surface area contributed by atoms with E-state index in [2.05, 4.69) is 5.32 Å². The summed E-state index contributed by atoms with van der Waals surface area (Å²) in [7, 11) is 0. The molecule has 0 radical (unpaired) electrons. The van der Waals surface area contributed by atoms with Gasteiger partial charge in [0.25, 0.3) is 5.91 Å². The van der Waals surface area contributed by atoms with Crippen molar-refractivity contribution < 1.29 is 19.1 Å². The van der Waals surface area contributed by atoms with E-state index >= 15 is 0 Å². The Kier molecular flexibility index (Phi) is 4.33. The highest BCUT2D eigenvalue weighted by atomic mass is 127. The quantitative estimate of drug-likeness (QED) is 0.797. The van der Waals surface area contributed by atoms with E-state index in [-0.39, 0.29) is 16.8 Å². The Labute approximate surface area is 127 Å². The van der Waals surface area contributed by atoms with Gasteiger partial charge in [-0.25, -0.2) is 9.18 Å². The van der Waals surface area contributed by atoms with Crippen LogP contribution < -0.4 is 5.32 Å². The Bertz CT molecular complexity index is 688. The normalized spacial score (nSPS) is 10.1. The first-order valence-corrected chi connectivity index (χ1v) is 6.65. The van der Waals surface area contributed by atoms with Gasteiger partial charge in [-0.2, -0.15) is 0 Å². The van der Waals surface area contributed by atoms with Gasteiger partial charge in [0.15, 0.2) is 0 Å². The minimum atomic E-state index is -1.14. The number of amides is 1. The van der Waals surface area contributed by atoms with Gasteiger partial charge in [-0.15, -0.1) is 0 Å². The summed E-state index contributed by atoms with van der Waals surface area (Å²) < 4.78 is 13.8. The van der Waals surface area contributed by atoms with Crippen LogP contribution >= 0.6 is 22.6 Å². The van der Waals surface area contributed by atoms with Crippen LogP contribution in [0.5, 0.6) is 0 Å². The van der Waals surface area contributed by atoms with E-state index in [0.717, 1.165) is 9.64 Å². The van der Waals surface area contributed by atoms with Gasteiger partial charge in [0.1, 0.15) is 5.82 Å². The van der Waals surface area contributed by atoms with E-state index in [1.165, 1.54) is 30.3 Å². The molecule has 0 bridgehead atoms. The monoisotopic (exact) mass is 385 g/mol. The van der Waals surface area contributed by atoms with E-state index in [0.29, 0.717) is 0 Å². The van der Waals surface area contributed by atoms with Gasteiger partial charge in [-0.1, -0.05) is 6.07 Å². The van der Waals surface area contributed by atoms with E-state index in [9.17, 15) is 14.0 Å². The summed E-state index contributed by atoms with van der Waals surface area (Å²) in [4.78, 5) is 23.1. The Hall–Kier alpha value is -1.96. The minimum absolute atomic E-state index is 0.0124. The number of halogens is 2. The van der Waals surface area contributed by atoms with Crippen LogP contribution in [0.1, 0.15) is 20.7 Å². The fourth-order valence-electron chi connectivity index (χ4n) is 1.63. The lowest BCUT2D eigenvalue weighted by Gasteiger charge is -2.09. The lowest BCUT2D eigenvalue weighted by atomic mass is 10.1. The molecule has 6 heteroatoms. The van der Waals surface area contributed by atoms with Crippen LogP contribution in [0.25, 0.3) is 0 Å². The molecule has 0 aromatic heterocycles. The molecule has 2 rings (SSSR count). The maximum Gasteiger partial charge on any atom is 0.337 e. The molecule has 0 saturated carbocycles. The van der Waals surface area contributed by atoms with Crippen molar-refractivity contribution >= 4 is 40.2 Å². The molecule has 2 aromatic carbocycles. The molecule has 2 N–H and O–H groups in total. The van der Waals surface area contributed by atoms with Crippen molar-refractivity contribution in [3.8, 4) is 0 Å². The van der Waals surface area contributed by atoms with Crippen LogP contribution in [0.3, 0.4) is 0 Å². The molecule has 1 amide bonds. The predicted molar refractivity (Wildman–Crippen MR) is 80.5 cm³/mol. The summed E-state index contributed by atoms with van der Waals surface area (Å²) in [5.41, 5.74) is 0.286. The Morgan fingerprint density at radius 2 is 1.90 bits per heavy atom. The lowest BCUT2D eigenvalue weighted by Crippen LogP contribution is -2.15. The molecule has 0 unspecified atom stereocenters. The summed E-state index contributed by atoms with van der Waals surface area (Å²) in [6.45, 7) is 0. The van der Waals surface area contributed by atoms with E-state index < -0.39 is 17.7 Å². The molecular weight excluding hydrogens is 376 g/mol. The first kappa shape index (κ1) is 14.4. The van der Waals surface area contributed by atoms with E-state index in [4.69, 9.17) is 5.11 Å². The largest absolute Gasteiger partial charge is 0.478 e. The highest BCUT2D eigenvalue weighted by Gasteiger charge is 2.14. The maximum absolute atomic E-state index is 13.1. The molecule has 4 nitrogen and oxygen atoms in total. The molecular formula is C14H9FINO3. The van der Waals surface area contributed by atoms with Crippen LogP contribution in [0.15, 0.2) is 42.5 Å². The summed E-state index contributed by atoms with van der Waals surface area (Å²) in [6.07, 6.45) is 0. The average Bonchev–Trinajstić information content (AvgIpc) is 2.40. The van der Waals surface area contributed by atoms with Crippen molar-refractivity contribution in [1.29, 1.82) is 0 Å². The molecule has 20 heavy (non-hydrogen) atoms. The molecule has 0 aliphatic rings. The second kappa shape index (κ2) is 6.00. The number of anilines is 1. The molecule has 102 valence electrons. The summed E-state index contributed by atoms with van der Waals surface area (Å²) in [6, 6.07) is 9.80. The topological polar surface area (TPSA) is 66.4 Å². The summed E-state index contributed by atoms with van der Waals surface area (Å²) >= 11 is 1.98. The number of hydrogen-bond acceptors (Lipinski definition) is 2. The standard InChI is InChI=1S/C14H9FINO3/c15-9-3-1-2-8(6-9)13(18)17-12-5-4-10(16)7-11(12)14(19)20/h1-7H,(H,17,18)(H,19,20). The third-order valence-corrected chi connectivity index (χ3v) is 3.22. The zero-order valence-corrected chi connectivity index (χ0v) is 12.2. The lowest BCUT2D eigenvalue weighted by molar-refractivity contribution is 0.0698.